The van der Waals surface area contributed by atoms with Crippen LogP contribution in [-0.4, -0.2) is 38.3 Å². The molecule has 0 saturated carbocycles. The largest absolute Gasteiger partial charge is 0.486 e. The van der Waals surface area contributed by atoms with Crippen LogP contribution in [0.15, 0.2) is 71.5 Å². The molecule has 0 spiro atoms. The van der Waals surface area contributed by atoms with E-state index in [1.807, 2.05) is 43.3 Å². The van der Waals surface area contributed by atoms with E-state index < -0.39 is 11.6 Å². The van der Waals surface area contributed by atoms with Crippen LogP contribution in [0.1, 0.15) is 5.56 Å². The zero-order chi connectivity index (χ0) is 24.6. The Labute approximate surface area is 204 Å². The molecule has 36 heavy (non-hydrogen) atoms. The van der Waals surface area contributed by atoms with Gasteiger partial charge in [0.2, 0.25) is 11.6 Å². The smallest absolute Gasteiger partial charge is 0.351 e. The quantitative estimate of drug-likeness (QED) is 0.407. The van der Waals surface area contributed by atoms with Crippen molar-refractivity contribution in [2.24, 2.45) is 0 Å². The number of rotatable bonds is 5. The molecule has 0 radical (unpaired) electrons. The van der Waals surface area contributed by atoms with Gasteiger partial charge < -0.3 is 19.5 Å². The van der Waals surface area contributed by atoms with E-state index in [4.69, 9.17) is 14.2 Å². The first kappa shape index (κ1) is 21.7. The van der Waals surface area contributed by atoms with Gasteiger partial charge in [0, 0.05) is 11.8 Å². The Morgan fingerprint density at radius 1 is 1.03 bits per heavy atom. The van der Waals surface area contributed by atoms with Gasteiger partial charge in [-0.05, 0) is 43.3 Å². The van der Waals surface area contributed by atoms with Gasteiger partial charge in [-0.3, -0.25) is 4.79 Å². The molecule has 1 amide bonds. The normalized spacial score (nSPS) is 12.6. The zero-order valence-corrected chi connectivity index (χ0v) is 19.3. The molecule has 10 heteroatoms. The van der Waals surface area contributed by atoms with Crippen LogP contribution in [0.2, 0.25) is 0 Å². The van der Waals surface area contributed by atoms with E-state index in [9.17, 15) is 9.59 Å². The van der Waals surface area contributed by atoms with Crippen LogP contribution in [-0.2, 0) is 11.3 Å². The molecule has 10 nitrogen and oxygen atoms in total. The highest BCUT2D eigenvalue weighted by Crippen LogP contribution is 2.32. The van der Waals surface area contributed by atoms with E-state index in [-0.39, 0.29) is 18.1 Å². The third kappa shape index (κ3) is 3.98. The van der Waals surface area contributed by atoms with Crippen LogP contribution in [0.4, 0.5) is 5.69 Å². The van der Waals surface area contributed by atoms with Crippen molar-refractivity contribution in [3.05, 3.63) is 82.8 Å². The lowest BCUT2D eigenvalue weighted by Crippen LogP contribution is -2.28. The summed E-state index contributed by atoms with van der Waals surface area (Å²) in [6.07, 6.45) is 0. The van der Waals surface area contributed by atoms with Gasteiger partial charge in [0.05, 0.1) is 11.0 Å². The minimum atomic E-state index is -0.477. The number of anilines is 1. The number of nitrogens with one attached hydrogen (secondary N) is 1. The molecule has 3 heterocycles. The number of carbonyl (C=O) groups excluding carboxylic acids is 1. The Morgan fingerprint density at radius 3 is 2.64 bits per heavy atom. The van der Waals surface area contributed by atoms with Crippen molar-refractivity contribution in [3.63, 3.8) is 0 Å². The van der Waals surface area contributed by atoms with Crippen LogP contribution in [0, 0.1) is 6.92 Å². The topological polar surface area (TPSA) is 109 Å². The second-order valence-electron chi connectivity index (χ2n) is 8.33. The number of fused-ring (bicyclic) bond motifs is 4. The number of hydrogen-bond donors (Lipinski definition) is 1. The minimum Gasteiger partial charge on any atom is -0.486 e. The first-order valence-corrected chi connectivity index (χ1v) is 11.4. The number of carbonyl (C=O) groups is 1. The predicted molar refractivity (Wildman–Crippen MR) is 132 cm³/mol. The van der Waals surface area contributed by atoms with Gasteiger partial charge in [0.15, 0.2) is 11.5 Å². The van der Waals surface area contributed by atoms with E-state index >= 15 is 0 Å². The first-order chi connectivity index (χ1) is 17.5. The van der Waals surface area contributed by atoms with Gasteiger partial charge in [-0.1, -0.05) is 29.8 Å². The molecule has 0 atom stereocenters. The molecule has 0 unspecified atom stereocenters. The Hall–Kier alpha value is -4.86. The third-order valence-corrected chi connectivity index (χ3v) is 5.73. The fourth-order valence-electron chi connectivity index (χ4n) is 4.02. The van der Waals surface area contributed by atoms with E-state index in [2.05, 4.69) is 15.4 Å². The van der Waals surface area contributed by atoms with E-state index in [1.54, 1.807) is 30.3 Å². The average Bonchev–Trinajstić information content (AvgIpc) is 3.21. The Kier molecular flexibility index (Phi) is 5.25. The molecule has 1 aliphatic rings. The zero-order valence-electron chi connectivity index (χ0n) is 19.3. The maximum Gasteiger partial charge on any atom is 0.351 e. The fourth-order valence-corrected chi connectivity index (χ4v) is 4.02. The molecule has 180 valence electrons. The van der Waals surface area contributed by atoms with Gasteiger partial charge in [0.25, 0.3) is 5.88 Å². The second kappa shape index (κ2) is 8.73. The fraction of sp³-hybridized carbons (Fsp3) is 0.154. The van der Waals surface area contributed by atoms with Gasteiger partial charge >= 0.3 is 5.69 Å². The summed E-state index contributed by atoms with van der Waals surface area (Å²) in [7, 11) is 0. The summed E-state index contributed by atoms with van der Waals surface area (Å²) in [6, 6.07) is 19.8. The number of benzene rings is 3. The van der Waals surface area contributed by atoms with Crippen LogP contribution >= 0.6 is 0 Å². The summed E-state index contributed by atoms with van der Waals surface area (Å²) in [4.78, 5) is 30.7. The molecule has 6 rings (SSSR count). The number of aromatic nitrogens is 4. The minimum absolute atomic E-state index is 0.167. The number of hydrogen-bond acceptors (Lipinski definition) is 7. The van der Waals surface area contributed by atoms with Crippen molar-refractivity contribution >= 4 is 28.3 Å². The number of amides is 1. The molecule has 5 aromatic rings. The van der Waals surface area contributed by atoms with Crippen LogP contribution in [0.3, 0.4) is 0 Å². The highest BCUT2D eigenvalue weighted by Gasteiger charge is 2.20. The molecule has 3 aromatic carbocycles. The number of para-hydroxylation sites is 2. The molecular formula is C26H21N5O5. The van der Waals surface area contributed by atoms with Crippen molar-refractivity contribution in [3.8, 4) is 23.1 Å². The van der Waals surface area contributed by atoms with Gasteiger partial charge in [-0.25, -0.2) is 18.9 Å². The summed E-state index contributed by atoms with van der Waals surface area (Å²) in [5.74, 6) is 1.48. The maximum atomic E-state index is 13.3. The Balaban J connectivity index is 1.34. The SMILES string of the molecule is Cc1ccc(Oc2nc3ccccc3n3c(=O)n(CC(=O)Nc4ccc5c(c4)OCCO5)nc23)cc1. The molecule has 0 saturated heterocycles. The molecule has 1 N–H and O–H groups in total. The summed E-state index contributed by atoms with van der Waals surface area (Å²) in [5, 5.41) is 7.18. The monoisotopic (exact) mass is 483 g/mol. The van der Waals surface area contributed by atoms with Crippen molar-refractivity contribution < 1.29 is 19.0 Å². The Bertz CT molecular complexity index is 1670. The van der Waals surface area contributed by atoms with Crippen LogP contribution in [0.25, 0.3) is 16.7 Å². The molecule has 0 aliphatic carbocycles. The predicted octanol–water partition coefficient (Wildman–Crippen LogP) is 3.55. The summed E-state index contributed by atoms with van der Waals surface area (Å²) in [6.45, 7) is 2.60. The highest BCUT2D eigenvalue weighted by molar-refractivity contribution is 5.91. The summed E-state index contributed by atoms with van der Waals surface area (Å²) >= 11 is 0. The number of aryl methyl sites for hydroxylation is 1. The molecular weight excluding hydrogens is 462 g/mol. The van der Waals surface area contributed by atoms with Crippen molar-refractivity contribution in [1.82, 2.24) is 19.2 Å². The average molecular weight is 483 g/mol. The highest BCUT2D eigenvalue weighted by atomic mass is 16.6. The van der Waals surface area contributed by atoms with Crippen molar-refractivity contribution in [2.45, 2.75) is 13.5 Å². The lowest BCUT2D eigenvalue weighted by Gasteiger charge is -2.18. The van der Waals surface area contributed by atoms with Gasteiger partial charge in [-0.15, -0.1) is 5.10 Å². The van der Waals surface area contributed by atoms with Crippen LogP contribution < -0.4 is 25.2 Å². The van der Waals surface area contributed by atoms with Gasteiger partial charge in [-0.2, -0.15) is 0 Å². The molecule has 2 aromatic heterocycles. The van der Waals surface area contributed by atoms with E-state index in [1.165, 1.54) is 4.40 Å². The van der Waals surface area contributed by atoms with Crippen molar-refractivity contribution in [2.75, 3.05) is 18.5 Å². The summed E-state index contributed by atoms with van der Waals surface area (Å²) in [5.41, 5.74) is 2.47. The van der Waals surface area contributed by atoms with E-state index in [0.29, 0.717) is 47.2 Å². The first-order valence-electron chi connectivity index (χ1n) is 11.4. The molecule has 1 aliphatic heterocycles. The Morgan fingerprint density at radius 2 is 1.81 bits per heavy atom. The van der Waals surface area contributed by atoms with Crippen LogP contribution in [0.5, 0.6) is 23.1 Å². The second-order valence-corrected chi connectivity index (χ2v) is 8.33. The lowest BCUT2D eigenvalue weighted by molar-refractivity contribution is -0.117. The third-order valence-electron chi connectivity index (χ3n) is 5.73. The maximum absolute atomic E-state index is 13.3. The molecule has 0 bridgehead atoms. The van der Waals surface area contributed by atoms with E-state index in [0.717, 1.165) is 10.2 Å². The van der Waals surface area contributed by atoms with Gasteiger partial charge in [0.1, 0.15) is 25.5 Å². The lowest BCUT2D eigenvalue weighted by atomic mass is 10.2. The number of nitrogens with zero attached hydrogens (tertiary/aromatic N) is 4. The standard InChI is InChI=1S/C26H21N5O5/c1-16-6-9-18(10-7-16)36-25-24-29-30(26(33)31(24)20-5-3-2-4-19(20)28-25)15-23(32)27-17-8-11-21-22(14-17)35-13-12-34-21/h2-11,14H,12-13,15H2,1H3,(H,27,32). The molecule has 0 fully saturated rings. The van der Waals surface area contributed by atoms with Crippen molar-refractivity contribution in [1.29, 1.82) is 0 Å². The number of ether oxygens (including phenoxy) is 3. The summed E-state index contributed by atoms with van der Waals surface area (Å²) < 4.78 is 19.6.